The quantitative estimate of drug-likeness (QED) is 0.860. The molecule has 0 heterocycles. The van der Waals surface area contributed by atoms with Gasteiger partial charge in [0, 0.05) is 10.2 Å². The second-order valence-electron chi connectivity index (χ2n) is 4.16. The highest BCUT2D eigenvalue weighted by Gasteiger charge is 2.23. The molecule has 0 aromatic heterocycles. The number of nitrogens with one attached hydrogen (secondary N) is 1. The minimum absolute atomic E-state index is 0.0370. The monoisotopic (exact) mass is 377 g/mol. The van der Waals surface area contributed by atoms with Crippen LogP contribution in [0, 0.1) is 11.6 Å². The Hall–Kier alpha value is -1.51. The molecular formula is C13H10BrF2NO3S. The molecule has 0 bridgehead atoms. The van der Waals surface area contributed by atoms with Crippen LogP contribution in [0.1, 0.15) is 5.56 Å². The molecule has 21 heavy (non-hydrogen) atoms. The van der Waals surface area contributed by atoms with Crippen molar-refractivity contribution in [1.29, 1.82) is 0 Å². The van der Waals surface area contributed by atoms with Gasteiger partial charge in [-0.1, -0.05) is 15.9 Å². The van der Waals surface area contributed by atoms with E-state index >= 15 is 0 Å². The molecule has 0 radical (unpaired) electrons. The first-order valence-corrected chi connectivity index (χ1v) is 7.98. The minimum atomic E-state index is -4.30. The van der Waals surface area contributed by atoms with Gasteiger partial charge in [0.15, 0.2) is 11.6 Å². The average molecular weight is 378 g/mol. The predicted molar refractivity (Wildman–Crippen MR) is 77.2 cm³/mol. The number of benzene rings is 2. The van der Waals surface area contributed by atoms with E-state index in [0.717, 1.165) is 16.6 Å². The summed E-state index contributed by atoms with van der Waals surface area (Å²) in [4.78, 5) is -0.852. The van der Waals surface area contributed by atoms with E-state index in [0.29, 0.717) is 0 Å². The van der Waals surface area contributed by atoms with Gasteiger partial charge < -0.3 is 5.11 Å². The Balaban J connectivity index is 2.44. The van der Waals surface area contributed by atoms with Crippen LogP contribution < -0.4 is 4.72 Å². The average Bonchev–Trinajstić information content (AvgIpc) is 2.43. The van der Waals surface area contributed by atoms with E-state index in [9.17, 15) is 17.2 Å². The number of halogens is 3. The molecular weight excluding hydrogens is 368 g/mol. The van der Waals surface area contributed by atoms with Crippen LogP contribution >= 0.6 is 15.9 Å². The third-order valence-electron chi connectivity index (χ3n) is 2.62. The summed E-state index contributed by atoms with van der Waals surface area (Å²) in [7, 11) is -4.30. The topological polar surface area (TPSA) is 66.4 Å². The number of anilines is 1. The van der Waals surface area contributed by atoms with E-state index in [1.807, 2.05) is 0 Å². The van der Waals surface area contributed by atoms with Crippen LogP contribution in [0.25, 0.3) is 0 Å². The van der Waals surface area contributed by atoms with E-state index in [2.05, 4.69) is 20.7 Å². The second kappa shape index (κ2) is 6.08. The van der Waals surface area contributed by atoms with Gasteiger partial charge in [-0.25, -0.2) is 17.2 Å². The van der Waals surface area contributed by atoms with Crippen LogP contribution in [0.5, 0.6) is 0 Å². The zero-order valence-electron chi connectivity index (χ0n) is 10.5. The highest BCUT2D eigenvalue weighted by Crippen LogP contribution is 2.23. The molecule has 2 N–H and O–H groups in total. The van der Waals surface area contributed by atoms with Crippen LogP contribution in [0.15, 0.2) is 45.8 Å². The lowest BCUT2D eigenvalue weighted by Gasteiger charge is -2.10. The number of aliphatic hydroxyl groups excluding tert-OH is 1. The molecule has 0 saturated carbocycles. The van der Waals surface area contributed by atoms with Crippen molar-refractivity contribution in [2.45, 2.75) is 11.5 Å². The van der Waals surface area contributed by atoms with Crippen molar-refractivity contribution in [2.75, 3.05) is 4.72 Å². The summed E-state index contributed by atoms with van der Waals surface area (Å²) in [5.41, 5.74) is 0.164. The fraction of sp³-hybridized carbons (Fsp3) is 0.0769. The van der Waals surface area contributed by atoms with Crippen molar-refractivity contribution in [2.24, 2.45) is 0 Å². The lowest BCUT2D eigenvalue weighted by Crippen LogP contribution is -2.16. The normalized spacial score (nSPS) is 11.4. The zero-order valence-corrected chi connectivity index (χ0v) is 12.9. The molecule has 0 aliphatic carbocycles. The SMILES string of the molecule is O=S(=O)(Nc1ccc(Br)cc1)c1cc(CO)cc(F)c1F. The Bertz CT molecular complexity index is 764. The minimum Gasteiger partial charge on any atom is -0.392 e. The summed E-state index contributed by atoms with van der Waals surface area (Å²) in [5, 5.41) is 8.95. The van der Waals surface area contributed by atoms with Crippen molar-refractivity contribution in [3.8, 4) is 0 Å². The molecule has 0 saturated heterocycles. The van der Waals surface area contributed by atoms with Crippen molar-refractivity contribution in [3.63, 3.8) is 0 Å². The van der Waals surface area contributed by atoms with Crippen molar-refractivity contribution >= 4 is 31.6 Å². The number of hydrogen-bond donors (Lipinski definition) is 2. The van der Waals surface area contributed by atoms with Gasteiger partial charge >= 0.3 is 0 Å². The molecule has 112 valence electrons. The third kappa shape index (κ3) is 3.58. The molecule has 4 nitrogen and oxygen atoms in total. The van der Waals surface area contributed by atoms with E-state index < -0.39 is 33.2 Å². The predicted octanol–water partition coefficient (Wildman–Crippen LogP) is 3.02. The van der Waals surface area contributed by atoms with Gasteiger partial charge in [-0.2, -0.15) is 0 Å². The number of hydrogen-bond acceptors (Lipinski definition) is 3. The highest BCUT2D eigenvalue weighted by atomic mass is 79.9. The van der Waals surface area contributed by atoms with E-state index in [1.165, 1.54) is 12.1 Å². The molecule has 0 fully saturated rings. The molecule has 0 unspecified atom stereocenters. The van der Waals surface area contributed by atoms with Gasteiger partial charge in [0.1, 0.15) is 4.90 Å². The molecule has 0 aliphatic rings. The summed E-state index contributed by atoms with van der Waals surface area (Å²) in [5.74, 6) is -2.82. The summed E-state index contributed by atoms with van der Waals surface area (Å²) >= 11 is 3.20. The zero-order chi connectivity index (χ0) is 15.6. The van der Waals surface area contributed by atoms with Crippen molar-refractivity contribution < 1.29 is 22.3 Å². The van der Waals surface area contributed by atoms with Gasteiger partial charge in [-0.05, 0) is 42.0 Å². The highest BCUT2D eigenvalue weighted by molar-refractivity contribution is 9.10. The fourth-order valence-electron chi connectivity index (χ4n) is 1.63. The Morgan fingerprint density at radius 1 is 1.14 bits per heavy atom. The maximum atomic E-state index is 13.7. The van der Waals surface area contributed by atoms with Crippen LogP contribution in [-0.2, 0) is 16.6 Å². The first kappa shape index (κ1) is 15.9. The lowest BCUT2D eigenvalue weighted by molar-refractivity contribution is 0.280. The van der Waals surface area contributed by atoms with Gasteiger partial charge in [-0.3, -0.25) is 4.72 Å². The smallest absolute Gasteiger partial charge is 0.264 e. The first-order valence-electron chi connectivity index (χ1n) is 5.70. The maximum Gasteiger partial charge on any atom is 0.264 e. The second-order valence-corrected chi connectivity index (χ2v) is 6.73. The van der Waals surface area contributed by atoms with Crippen LogP contribution in [-0.4, -0.2) is 13.5 Å². The number of aliphatic hydroxyl groups is 1. The molecule has 2 aromatic rings. The largest absolute Gasteiger partial charge is 0.392 e. The summed E-state index contributed by atoms with van der Waals surface area (Å²) in [6.07, 6.45) is 0. The Labute approximate surface area is 128 Å². The Kier molecular flexibility index (Phi) is 4.60. The first-order chi connectivity index (χ1) is 9.83. The molecule has 8 heteroatoms. The molecule has 0 amide bonds. The van der Waals surface area contributed by atoms with Gasteiger partial charge in [-0.15, -0.1) is 0 Å². The van der Waals surface area contributed by atoms with Gasteiger partial charge in [0.2, 0.25) is 0 Å². The molecule has 0 atom stereocenters. The molecule has 2 rings (SSSR count). The van der Waals surface area contributed by atoms with E-state index in [-0.39, 0.29) is 11.3 Å². The summed E-state index contributed by atoms with van der Waals surface area (Å²) in [6, 6.07) is 7.75. The summed E-state index contributed by atoms with van der Waals surface area (Å²) in [6.45, 7) is -0.599. The third-order valence-corrected chi connectivity index (χ3v) is 4.53. The van der Waals surface area contributed by atoms with Crippen molar-refractivity contribution in [3.05, 3.63) is 58.1 Å². The Morgan fingerprint density at radius 2 is 1.76 bits per heavy atom. The van der Waals surface area contributed by atoms with Gasteiger partial charge in [0.05, 0.1) is 6.61 Å². The van der Waals surface area contributed by atoms with Crippen LogP contribution in [0.4, 0.5) is 14.5 Å². The maximum absolute atomic E-state index is 13.7. The standard InChI is InChI=1S/C13H10BrF2NO3S/c14-9-1-3-10(4-2-9)17-21(19,20)12-6-8(7-18)5-11(15)13(12)16/h1-6,17-18H,7H2. The lowest BCUT2D eigenvalue weighted by atomic mass is 10.2. The van der Waals surface area contributed by atoms with E-state index in [4.69, 9.17) is 5.11 Å². The fourth-order valence-corrected chi connectivity index (χ4v) is 3.09. The van der Waals surface area contributed by atoms with Crippen LogP contribution in [0.2, 0.25) is 0 Å². The number of sulfonamides is 1. The van der Waals surface area contributed by atoms with E-state index in [1.54, 1.807) is 12.1 Å². The van der Waals surface area contributed by atoms with Crippen LogP contribution in [0.3, 0.4) is 0 Å². The molecule has 0 aliphatic heterocycles. The Morgan fingerprint density at radius 3 is 2.33 bits per heavy atom. The number of rotatable bonds is 4. The molecule has 2 aromatic carbocycles. The van der Waals surface area contributed by atoms with Gasteiger partial charge in [0.25, 0.3) is 10.0 Å². The van der Waals surface area contributed by atoms with Crippen molar-refractivity contribution in [1.82, 2.24) is 0 Å². The molecule has 0 spiro atoms. The summed E-state index contributed by atoms with van der Waals surface area (Å²) < 4.78 is 54.2.